The number of hydrogen-bond donors (Lipinski definition) is 1. The Balaban J connectivity index is 1.85. The first-order valence-electron chi connectivity index (χ1n) is 10.2. The first-order chi connectivity index (χ1) is 15.8. The predicted octanol–water partition coefficient (Wildman–Crippen LogP) is 4.12. The second-order valence-electron chi connectivity index (χ2n) is 7.84. The largest absolute Gasteiger partial charge is 0.507 e. The van der Waals surface area contributed by atoms with Crippen molar-refractivity contribution in [3.05, 3.63) is 89.1 Å². The van der Waals surface area contributed by atoms with E-state index in [1.54, 1.807) is 24.3 Å². The van der Waals surface area contributed by atoms with Crippen LogP contribution >= 0.6 is 0 Å². The number of furan rings is 1. The number of carbonyl (C=O) groups excluding carboxylic acids is 2. The Kier molecular flexibility index (Phi) is 5.91. The summed E-state index contributed by atoms with van der Waals surface area (Å²) in [5.41, 5.74) is 1.51. The molecule has 33 heavy (non-hydrogen) atoms. The maximum Gasteiger partial charge on any atom is 0.296 e. The number of likely N-dealkylation sites (tertiary alicyclic amines) is 1. The summed E-state index contributed by atoms with van der Waals surface area (Å²) in [7, 11) is 5.13. The highest BCUT2D eigenvalue weighted by Crippen LogP contribution is 2.41. The van der Waals surface area contributed by atoms with Crippen LogP contribution in [-0.4, -0.2) is 42.9 Å². The highest BCUT2D eigenvalue weighted by Gasteiger charge is 2.46. The number of rotatable bonds is 6. The maximum atomic E-state index is 14.3. The lowest BCUT2D eigenvalue weighted by Gasteiger charge is -2.25. The first-order valence-corrected chi connectivity index (χ1v) is 10.2. The molecule has 0 saturated carbocycles. The zero-order valence-electron chi connectivity index (χ0n) is 18.4. The third kappa shape index (κ3) is 4.07. The van der Waals surface area contributed by atoms with Gasteiger partial charge in [0.05, 0.1) is 31.5 Å². The molecule has 7 nitrogen and oxygen atoms in total. The summed E-state index contributed by atoms with van der Waals surface area (Å²) in [6.07, 6.45) is 1.48. The van der Waals surface area contributed by atoms with Gasteiger partial charge >= 0.3 is 0 Å². The number of ketones is 1. The average molecular weight is 450 g/mol. The third-order valence-corrected chi connectivity index (χ3v) is 5.60. The number of halogens is 1. The van der Waals surface area contributed by atoms with Crippen molar-refractivity contribution < 1.29 is 28.2 Å². The Morgan fingerprint density at radius 1 is 1.15 bits per heavy atom. The van der Waals surface area contributed by atoms with E-state index in [-0.39, 0.29) is 23.4 Å². The Bertz CT molecular complexity index is 1220. The second-order valence-corrected chi connectivity index (χ2v) is 7.84. The van der Waals surface area contributed by atoms with Gasteiger partial charge in [0.1, 0.15) is 11.5 Å². The van der Waals surface area contributed by atoms with Crippen molar-refractivity contribution in [3.8, 4) is 5.75 Å². The lowest BCUT2D eigenvalue weighted by Crippen LogP contribution is -2.29. The minimum atomic E-state index is -0.878. The van der Waals surface area contributed by atoms with Crippen LogP contribution in [0.25, 0.3) is 5.76 Å². The lowest BCUT2D eigenvalue weighted by molar-refractivity contribution is -0.140. The normalized spacial score (nSPS) is 17.5. The quantitative estimate of drug-likeness (QED) is 0.346. The molecule has 1 amide bonds. The zero-order valence-corrected chi connectivity index (χ0v) is 18.4. The molecule has 1 atom stereocenters. The standard InChI is InChI=1S/C25H23FN2O5/c1-27(2)17-9-6-15(7-10-17)22-21(23(29)16-8-11-20(32-3)19(26)13-16)24(30)25(31)28(22)14-18-5-4-12-33-18/h4-13,22,29H,14H2,1-3H3. The highest BCUT2D eigenvalue weighted by molar-refractivity contribution is 6.46. The van der Waals surface area contributed by atoms with E-state index in [0.29, 0.717) is 11.3 Å². The summed E-state index contributed by atoms with van der Waals surface area (Å²) in [5, 5.41) is 11.1. The van der Waals surface area contributed by atoms with E-state index in [4.69, 9.17) is 9.15 Å². The van der Waals surface area contributed by atoms with Gasteiger partial charge in [-0.05, 0) is 48.0 Å². The van der Waals surface area contributed by atoms with Gasteiger partial charge in [0, 0.05) is 25.3 Å². The van der Waals surface area contributed by atoms with Gasteiger partial charge in [-0.25, -0.2) is 4.39 Å². The molecule has 1 aliphatic rings. The number of amides is 1. The highest BCUT2D eigenvalue weighted by atomic mass is 19.1. The van der Waals surface area contributed by atoms with E-state index in [0.717, 1.165) is 11.8 Å². The van der Waals surface area contributed by atoms with E-state index < -0.39 is 29.3 Å². The number of anilines is 1. The molecule has 8 heteroatoms. The monoisotopic (exact) mass is 450 g/mol. The molecule has 0 bridgehead atoms. The number of carbonyl (C=O) groups is 2. The van der Waals surface area contributed by atoms with Gasteiger partial charge in [0.25, 0.3) is 11.7 Å². The smallest absolute Gasteiger partial charge is 0.296 e. The molecule has 1 saturated heterocycles. The zero-order chi connectivity index (χ0) is 23.7. The van der Waals surface area contributed by atoms with Gasteiger partial charge in [-0.1, -0.05) is 12.1 Å². The maximum absolute atomic E-state index is 14.3. The van der Waals surface area contributed by atoms with Crippen molar-refractivity contribution >= 4 is 23.1 Å². The molecule has 1 unspecified atom stereocenters. The van der Waals surface area contributed by atoms with Gasteiger partial charge < -0.3 is 24.1 Å². The topological polar surface area (TPSA) is 83.2 Å². The van der Waals surface area contributed by atoms with E-state index in [9.17, 15) is 19.1 Å². The van der Waals surface area contributed by atoms with Crippen LogP contribution in [-0.2, 0) is 16.1 Å². The number of nitrogens with zero attached hydrogens (tertiary/aromatic N) is 2. The molecule has 1 fully saturated rings. The molecule has 4 rings (SSSR count). The number of methoxy groups -OCH3 is 1. The first kappa shape index (κ1) is 22.1. The number of ether oxygens (including phenoxy) is 1. The van der Waals surface area contributed by atoms with Gasteiger partial charge in [-0.15, -0.1) is 0 Å². The average Bonchev–Trinajstić information content (AvgIpc) is 3.41. The van der Waals surface area contributed by atoms with E-state index in [1.807, 2.05) is 31.1 Å². The fourth-order valence-electron chi connectivity index (χ4n) is 3.88. The second kappa shape index (κ2) is 8.82. The summed E-state index contributed by atoms with van der Waals surface area (Å²) in [5.74, 6) is -2.29. The van der Waals surface area contributed by atoms with Crippen LogP contribution in [0.15, 0.2) is 70.9 Å². The Morgan fingerprint density at radius 3 is 2.45 bits per heavy atom. The molecule has 1 N–H and O–H groups in total. The summed E-state index contributed by atoms with van der Waals surface area (Å²) >= 11 is 0. The van der Waals surface area contributed by atoms with Crippen LogP contribution in [0.3, 0.4) is 0 Å². The molecule has 2 aromatic carbocycles. The number of benzene rings is 2. The summed E-state index contributed by atoms with van der Waals surface area (Å²) in [6.45, 7) is 0.0332. The number of aliphatic hydroxyl groups excluding tert-OH is 1. The Morgan fingerprint density at radius 2 is 1.88 bits per heavy atom. The fourth-order valence-corrected chi connectivity index (χ4v) is 3.88. The van der Waals surface area contributed by atoms with Crippen LogP contribution in [0, 0.1) is 5.82 Å². The molecular formula is C25H23FN2O5. The molecule has 0 spiro atoms. The molecule has 1 aliphatic heterocycles. The van der Waals surface area contributed by atoms with Crippen molar-refractivity contribution in [2.45, 2.75) is 12.6 Å². The van der Waals surface area contributed by atoms with Gasteiger partial charge in [-0.2, -0.15) is 0 Å². The fraction of sp³-hybridized carbons (Fsp3) is 0.200. The molecular weight excluding hydrogens is 427 g/mol. The van der Waals surface area contributed by atoms with Crippen LogP contribution in [0.1, 0.15) is 22.9 Å². The number of aliphatic hydroxyl groups is 1. The van der Waals surface area contributed by atoms with Crippen LogP contribution in [0.2, 0.25) is 0 Å². The molecule has 3 aromatic rings. The van der Waals surface area contributed by atoms with Crippen molar-refractivity contribution in [1.82, 2.24) is 4.90 Å². The minimum absolute atomic E-state index is 0.000597. The predicted molar refractivity (Wildman–Crippen MR) is 120 cm³/mol. The van der Waals surface area contributed by atoms with Crippen LogP contribution in [0.5, 0.6) is 5.75 Å². The third-order valence-electron chi connectivity index (χ3n) is 5.60. The van der Waals surface area contributed by atoms with Crippen molar-refractivity contribution in [1.29, 1.82) is 0 Å². The number of Topliss-reactive ketones (excluding diaryl/α,β-unsaturated/α-hetero) is 1. The minimum Gasteiger partial charge on any atom is -0.507 e. The van der Waals surface area contributed by atoms with Gasteiger partial charge in [-0.3, -0.25) is 9.59 Å². The van der Waals surface area contributed by atoms with Crippen LogP contribution < -0.4 is 9.64 Å². The van der Waals surface area contributed by atoms with Gasteiger partial charge in [0.2, 0.25) is 0 Å². The SMILES string of the molecule is COc1ccc(C(O)=C2C(=O)C(=O)N(Cc3ccco3)C2c2ccc(N(C)C)cc2)cc1F. The van der Waals surface area contributed by atoms with Crippen molar-refractivity contribution in [2.24, 2.45) is 0 Å². The number of hydrogen-bond acceptors (Lipinski definition) is 6. The van der Waals surface area contributed by atoms with Crippen LogP contribution in [0.4, 0.5) is 10.1 Å². The Hall–Kier alpha value is -4.07. The molecule has 0 aliphatic carbocycles. The molecule has 170 valence electrons. The van der Waals surface area contributed by atoms with Crippen molar-refractivity contribution in [2.75, 3.05) is 26.1 Å². The van der Waals surface area contributed by atoms with E-state index in [2.05, 4.69) is 0 Å². The van der Waals surface area contributed by atoms with Crippen molar-refractivity contribution in [3.63, 3.8) is 0 Å². The van der Waals surface area contributed by atoms with E-state index >= 15 is 0 Å². The summed E-state index contributed by atoms with van der Waals surface area (Å²) in [4.78, 5) is 29.3. The van der Waals surface area contributed by atoms with E-state index in [1.165, 1.54) is 30.4 Å². The molecule has 2 heterocycles. The summed E-state index contributed by atoms with van der Waals surface area (Å²) < 4.78 is 24.6. The summed E-state index contributed by atoms with van der Waals surface area (Å²) in [6, 6.07) is 13.7. The molecule has 1 aromatic heterocycles. The lowest BCUT2D eigenvalue weighted by atomic mass is 9.95. The Labute approximate surface area is 190 Å². The van der Waals surface area contributed by atoms with Gasteiger partial charge in [0.15, 0.2) is 11.6 Å². The molecule has 0 radical (unpaired) electrons.